The Kier molecular flexibility index (Phi) is 7.09. The van der Waals surface area contributed by atoms with Crippen LogP contribution in [0.4, 0.5) is 18.9 Å². The van der Waals surface area contributed by atoms with Crippen LogP contribution in [0.15, 0.2) is 73.1 Å². The molecule has 0 bridgehead atoms. The number of amides is 1. The number of aryl methyl sites for hydroxylation is 1. The summed E-state index contributed by atoms with van der Waals surface area (Å²) in [6.45, 7) is 2.02. The van der Waals surface area contributed by atoms with E-state index in [2.05, 4.69) is 22.1 Å². The molecule has 0 spiro atoms. The summed E-state index contributed by atoms with van der Waals surface area (Å²) >= 11 is 0. The second-order valence-electron chi connectivity index (χ2n) is 8.75. The number of carbonyl (C=O) groups is 1. The highest BCUT2D eigenvalue weighted by molar-refractivity contribution is 6.04. The maximum atomic E-state index is 13.6. The fraction of sp³-hybridized carbons (Fsp3) is 0.172. The first kappa shape index (κ1) is 25.0. The molecular weight excluding hydrogens is 463 g/mol. The first-order chi connectivity index (χ1) is 17.1. The van der Waals surface area contributed by atoms with Crippen molar-refractivity contribution in [2.24, 2.45) is 0 Å². The predicted octanol–water partition coefficient (Wildman–Crippen LogP) is 6.28. The quantitative estimate of drug-likeness (QED) is 0.345. The number of nitrogens with zero attached hydrogens (tertiary/aromatic N) is 2. The van der Waals surface area contributed by atoms with Crippen molar-refractivity contribution in [2.75, 3.05) is 19.4 Å². The molecule has 7 heteroatoms. The zero-order chi connectivity index (χ0) is 25.9. The zero-order valence-electron chi connectivity index (χ0n) is 20.1. The monoisotopic (exact) mass is 487 g/mol. The first-order valence-electron chi connectivity index (χ1n) is 11.2. The minimum absolute atomic E-state index is 0.0740. The molecule has 0 atom stereocenters. The van der Waals surface area contributed by atoms with Crippen molar-refractivity contribution < 1.29 is 18.0 Å². The van der Waals surface area contributed by atoms with E-state index in [9.17, 15) is 18.0 Å². The number of aromatic nitrogens is 1. The van der Waals surface area contributed by atoms with Crippen LogP contribution in [0.5, 0.6) is 0 Å². The summed E-state index contributed by atoms with van der Waals surface area (Å²) in [4.78, 5) is 18.8. The number of rotatable bonds is 4. The Morgan fingerprint density at radius 3 is 2.47 bits per heavy atom. The summed E-state index contributed by atoms with van der Waals surface area (Å²) in [6, 6.07) is 16.7. The molecule has 1 heterocycles. The number of carbonyl (C=O) groups excluding carboxylic acids is 1. The Labute approximate surface area is 207 Å². The van der Waals surface area contributed by atoms with Crippen LogP contribution in [-0.2, 0) is 12.7 Å². The van der Waals surface area contributed by atoms with Gasteiger partial charge in [-0.05, 0) is 56.4 Å². The van der Waals surface area contributed by atoms with Crippen LogP contribution in [-0.4, -0.2) is 29.9 Å². The van der Waals surface area contributed by atoms with Crippen molar-refractivity contribution in [1.82, 2.24) is 9.88 Å². The molecule has 1 amide bonds. The van der Waals surface area contributed by atoms with Gasteiger partial charge in [-0.25, -0.2) is 0 Å². The van der Waals surface area contributed by atoms with Crippen LogP contribution in [0.25, 0.3) is 10.8 Å². The lowest BCUT2D eigenvalue weighted by atomic mass is 10.0. The summed E-state index contributed by atoms with van der Waals surface area (Å²) in [5.41, 5.74) is 2.03. The van der Waals surface area contributed by atoms with Gasteiger partial charge in [0.15, 0.2) is 0 Å². The summed E-state index contributed by atoms with van der Waals surface area (Å²) < 4.78 is 40.8. The third-order valence-electron chi connectivity index (χ3n) is 5.66. The summed E-state index contributed by atoms with van der Waals surface area (Å²) in [5, 5.41) is 4.54. The topological polar surface area (TPSA) is 45.2 Å². The van der Waals surface area contributed by atoms with Crippen molar-refractivity contribution >= 4 is 22.4 Å². The summed E-state index contributed by atoms with van der Waals surface area (Å²) in [6.07, 6.45) is -1.07. The molecule has 0 aliphatic rings. The van der Waals surface area contributed by atoms with Gasteiger partial charge in [-0.15, -0.1) is 0 Å². The Morgan fingerprint density at radius 1 is 0.972 bits per heavy atom. The molecule has 36 heavy (non-hydrogen) atoms. The number of halogens is 3. The lowest BCUT2D eigenvalue weighted by Gasteiger charge is -2.18. The zero-order valence-corrected chi connectivity index (χ0v) is 20.1. The van der Waals surface area contributed by atoms with E-state index < -0.39 is 17.6 Å². The lowest BCUT2D eigenvalue weighted by molar-refractivity contribution is -0.138. The van der Waals surface area contributed by atoms with Crippen LogP contribution in [0.3, 0.4) is 0 Å². The van der Waals surface area contributed by atoms with Crippen molar-refractivity contribution in [1.29, 1.82) is 0 Å². The average molecular weight is 488 g/mol. The number of alkyl halides is 3. The Balaban J connectivity index is 1.61. The average Bonchev–Trinajstić information content (AvgIpc) is 2.83. The number of pyridine rings is 1. The standard InChI is InChI=1S/C29H24F3N3O/c1-19-8-9-21(14-20(19)10-11-23-17-33-16-22-6-4-5-7-26(22)23)28(36)34-25-13-12-24(18-35(2)3)27(15-25)29(30,31)32/h4-9,12-17H,18H2,1-3H3,(H,34,36). The van der Waals surface area contributed by atoms with Crippen molar-refractivity contribution in [3.05, 3.63) is 106 Å². The van der Waals surface area contributed by atoms with Gasteiger partial charge in [-0.1, -0.05) is 48.2 Å². The largest absolute Gasteiger partial charge is 0.416 e. The number of anilines is 1. The molecule has 3 aromatic carbocycles. The number of fused-ring (bicyclic) bond motifs is 1. The van der Waals surface area contributed by atoms with E-state index in [1.54, 1.807) is 49.6 Å². The maximum absolute atomic E-state index is 13.6. The van der Waals surface area contributed by atoms with Gasteiger partial charge in [0.1, 0.15) is 0 Å². The first-order valence-corrected chi connectivity index (χ1v) is 11.2. The fourth-order valence-corrected chi connectivity index (χ4v) is 3.85. The van der Waals surface area contributed by atoms with Gasteiger partial charge in [-0.2, -0.15) is 13.2 Å². The third-order valence-corrected chi connectivity index (χ3v) is 5.66. The summed E-state index contributed by atoms with van der Waals surface area (Å²) in [5.74, 6) is 5.73. The maximum Gasteiger partial charge on any atom is 0.416 e. The number of hydrogen-bond donors (Lipinski definition) is 1. The van der Waals surface area contributed by atoms with Gasteiger partial charge in [0.2, 0.25) is 0 Å². The molecule has 4 aromatic rings. The molecular formula is C29H24F3N3O. The Hall–Kier alpha value is -4.15. The van der Waals surface area contributed by atoms with E-state index >= 15 is 0 Å². The molecule has 182 valence electrons. The van der Waals surface area contributed by atoms with E-state index in [1.165, 1.54) is 12.1 Å². The van der Waals surface area contributed by atoms with E-state index in [0.717, 1.165) is 28.0 Å². The highest BCUT2D eigenvalue weighted by Gasteiger charge is 2.33. The molecule has 0 saturated heterocycles. The van der Waals surface area contributed by atoms with Crippen LogP contribution >= 0.6 is 0 Å². The Bertz CT molecular complexity index is 1490. The smallest absolute Gasteiger partial charge is 0.322 e. The highest BCUT2D eigenvalue weighted by atomic mass is 19.4. The molecule has 1 N–H and O–H groups in total. The van der Waals surface area contributed by atoms with Crippen molar-refractivity contribution in [3.8, 4) is 11.8 Å². The van der Waals surface area contributed by atoms with Gasteiger partial charge in [0, 0.05) is 46.5 Å². The number of nitrogens with one attached hydrogen (secondary N) is 1. The highest BCUT2D eigenvalue weighted by Crippen LogP contribution is 2.34. The predicted molar refractivity (Wildman–Crippen MR) is 136 cm³/mol. The minimum atomic E-state index is -4.53. The van der Waals surface area contributed by atoms with E-state index in [1.807, 2.05) is 31.2 Å². The second kappa shape index (κ2) is 10.2. The van der Waals surface area contributed by atoms with E-state index in [-0.39, 0.29) is 17.8 Å². The third kappa shape index (κ3) is 5.73. The van der Waals surface area contributed by atoms with Gasteiger partial charge in [0.25, 0.3) is 5.91 Å². The van der Waals surface area contributed by atoms with Crippen LogP contribution < -0.4 is 5.32 Å². The second-order valence-corrected chi connectivity index (χ2v) is 8.75. The normalized spacial score (nSPS) is 11.3. The van der Waals surface area contributed by atoms with E-state index in [4.69, 9.17) is 0 Å². The Morgan fingerprint density at radius 2 is 1.72 bits per heavy atom. The molecule has 0 saturated carbocycles. The van der Waals surface area contributed by atoms with Gasteiger partial charge >= 0.3 is 6.18 Å². The molecule has 0 unspecified atom stereocenters. The minimum Gasteiger partial charge on any atom is -0.322 e. The van der Waals surface area contributed by atoms with Gasteiger partial charge in [0.05, 0.1) is 11.1 Å². The van der Waals surface area contributed by atoms with Crippen molar-refractivity contribution in [2.45, 2.75) is 19.6 Å². The molecule has 4 nitrogen and oxygen atoms in total. The van der Waals surface area contributed by atoms with Crippen LogP contribution in [0, 0.1) is 18.8 Å². The lowest BCUT2D eigenvalue weighted by Crippen LogP contribution is -2.18. The van der Waals surface area contributed by atoms with Crippen LogP contribution in [0.1, 0.15) is 38.2 Å². The molecule has 0 aliphatic heterocycles. The van der Waals surface area contributed by atoms with Crippen molar-refractivity contribution in [3.63, 3.8) is 0 Å². The molecule has 4 rings (SSSR count). The molecule has 0 fully saturated rings. The van der Waals surface area contributed by atoms with Gasteiger partial charge in [-0.3, -0.25) is 9.78 Å². The van der Waals surface area contributed by atoms with Crippen LogP contribution in [0.2, 0.25) is 0 Å². The summed E-state index contributed by atoms with van der Waals surface area (Å²) in [7, 11) is 3.40. The molecule has 1 aromatic heterocycles. The van der Waals surface area contributed by atoms with Gasteiger partial charge < -0.3 is 10.2 Å². The molecule has 0 radical (unpaired) electrons. The van der Waals surface area contributed by atoms with E-state index in [0.29, 0.717) is 11.1 Å². The number of benzene rings is 3. The number of hydrogen-bond acceptors (Lipinski definition) is 3. The SMILES string of the molecule is Cc1ccc(C(=O)Nc2ccc(CN(C)C)c(C(F)(F)F)c2)cc1C#Cc1cncc2ccccc12. The molecule has 0 aliphatic carbocycles. The fourth-order valence-electron chi connectivity index (χ4n) is 3.85.